The highest BCUT2D eigenvalue weighted by Crippen LogP contribution is 2.27. The Bertz CT molecular complexity index is 1220. The minimum Gasteiger partial charge on any atom is -0.345 e. The summed E-state index contributed by atoms with van der Waals surface area (Å²) in [6.07, 6.45) is 1.82. The van der Waals surface area contributed by atoms with Gasteiger partial charge in [0.25, 0.3) is 5.91 Å². The molecule has 0 saturated carbocycles. The summed E-state index contributed by atoms with van der Waals surface area (Å²) in [5.74, 6) is -0.0690. The van der Waals surface area contributed by atoms with Gasteiger partial charge in [0.2, 0.25) is 0 Å². The van der Waals surface area contributed by atoms with Gasteiger partial charge in [-0.3, -0.25) is 9.48 Å². The molecule has 4 aromatic rings. The van der Waals surface area contributed by atoms with Crippen LogP contribution in [0.3, 0.4) is 0 Å². The van der Waals surface area contributed by atoms with Crippen molar-refractivity contribution in [2.75, 3.05) is 0 Å². The summed E-state index contributed by atoms with van der Waals surface area (Å²) < 4.78 is 4.15. The zero-order valence-electron chi connectivity index (χ0n) is 18.2. The quantitative estimate of drug-likeness (QED) is 0.521. The third kappa shape index (κ3) is 3.52. The molecule has 1 amide bonds. The highest BCUT2D eigenvalue weighted by molar-refractivity contribution is 5.99. The first-order valence-corrected chi connectivity index (χ1v) is 10.3. The van der Waals surface area contributed by atoms with E-state index in [1.54, 1.807) is 0 Å². The van der Waals surface area contributed by atoms with Gasteiger partial charge in [-0.25, -0.2) is 0 Å². The van der Waals surface area contributed by atoms with Crippen molar-refractivity contribution < 1.29 is 4.79 Å². The second kappa shape index (κ2) is 7.82. The van der Waals surface area contributed by atoms with Crippen LogP contribution < -0.4 is 5.32 Å². The first-order valence-electron chi connectivity index (χ1n) is 10.3. The zero-order valence-corrected chi connectivity index (χ0v) is 18.2. The number of amides is 1. The Kier molecular flexibility index (Phi) is 5.20. The molecule has 0 aliphatic heterocycles. The minimum absolute atomic E-state index is 0.0690. The molecule has 0 radical (unpaired) electrons. The van der Waals surface area contributed by atoms with Crippen LogP contribution in [0.4, 0.5) is 0 Å². The second-order valence-corrected chi connectivity index (χ2v) is 8.02. The normalized spacial score (nSPS) is 12.3. The molecule has 2 aromatic heterocycles. The van der Waals surface area contributed by atoms with Crippen LogP contribution in [0.1, 0.15) is 51.4 Å². The molecular formula is C25H28N4O. The van der Waals surface area contributed by atoms with Crippen LogP contribution in [0, 0.1) is 20.8 Å². The summed E-state index contributed by atoms with van der Waals surface area (Å²) in [6, 6.07) is 16.3. The van der Waals surface area contributed by atoms with Crippen LogP contribution >= 0.6 is 0 Å². The van der Waals surface area contributed by atoms with Gasteiger partial charge in [-0.15, -0.1) is 0 Å². The summed E-state index contributed by atoms with van der Waals surface area (Å²) in [4.78, 5) is 12.9. The van der Waals surface area contributed by atoms with Gasteiger partial charge in [0.15, 0.2) is 0 Å². The standard InChI is InChI=1S/C25H28N4O/c1-16-18(3)29(15-20-9-7-6-8-10-20)24-12-11-21(13-22(16)24)25(30)27-17(2)23-14-26-28(5)19(23)4/h6-14,17H,15H2,1-5H3,(H,27,30)/t17-/m1/s1. The lowest BCUT2D eigenvalue weighted by Crippen LogP contribution is -2.26. The van der Waals surface area contributed by atoms with Gasteiger partial charge in [0, 0.05) is 47.0 Å². The minimum atomic E-state index is -0.104. The van der Waals surface area contributed by atoms with Gasteiger partial charge >= 0.3 is 0 Å². The molecule has 0 aliphatic carbocycles. The van der Waals surface area contributed by atoms with Crippen LogP contribution in [0.2, 0.25) is 0 Å². The smallest absolute Gasteiger partial charge is 0.251 e. The lowest BCUT2D eigenvalue weighted by Gasteiger charge is -2.14. The van der Waals surface area contributed by atoms with E-state index in [1.807, 2.05) is 50.0 Å². The predicted octanol–water partition coefficient (Wildman–Crippen LogP) is 4.84. The van der Waals surface area contributed by atoms with Gasteiger partial charge in [-0.2, -0.15) is 5.10 Å². The van der Waals surface area contributed by atoms with E-state index in [1.165, 1.54) is 16.8 Å². The number of fused-ring (bicyclic) bond motifs is 1. The van der Waals surface area contributed by atoms with E-state index in [2.05, 4.69) is 59.2 Å². The Morgan fingerprint density at radius 3 is 2.47 bits per heavy atom. The SMILES string of the molecule is Cc1c(C)n(Cc2ccccc2)c2ccc(C(=O)N[C@H](C)c3cnn(C)c3C)cc12. The predicted molar refractivity (Wildman–Crippen MR) is 121 cm³/mol. The molecule has 4 rings (SSSR count). The van der Waals surface area contributed by atoms with Crippen molar-refractivity contribution in [1.29, 1.82) is 0 Å². The molecule has 0 aliphatic rings. The summed E-state index contributed by atoms with van der Waals surface area (Å²) >= 11 is 0. The average molecular weight is 401 g/mol. The molecule has 2 heterocycles. The van der Waals surface area contributed by atoms with E-state index >= 15 is 0 Å². The van der Waals surface area contributed by atoms with E-state index in [0.29, 0.717) is 5.56 Å². The van der Waals surface area contributed by atoms with Crippen molar-refractivity contribution in [2.45, 2.75) is 40.3 Å². The van der Waals surface area contributed by atoms with Crippen molar-refractivity contribution in [3.05, 3.63) is 88.4 Å². The number of aromatic nitrogens is 3. The molecule has 0 spiro atoms. The van der Waals surface area contributed by atoms with Crippen LogP contribution in [-0.4, -0.2) is 20.3 Å². The van der Waals surface area contributed by atoms with Crippen LogP contribution in [0.25, 0.3) is 10.9 Å². The number of rotatable bonds is 5. The Hall–Kier alpha value is -3.34. The van der Waals surface area contributed by atoms with E-state index in [0.717, 1.165) is 28.7 Å². The van der Waals surface area contributed by atoms with Crippen molar-refractivity contribution in [2.24, 2.45) is 7.05 Å². The number of carbonyl (C=O) groups excluding carboxylic acids is 1. The second-order valence-electron chi connectivity index (χ2n) is 8.02. The number of hydrogen-bond acceptors (Lipinski definition) is 2. The number of nitrogens with one attached hydrogen (secondary N) is 1. The maximum absolute atomic E-state index is 12.9. The topological polar surface area (TPSA) is 51.9 Å². The van der Waals surface area contributed by atoms with E-state index in [4.69, 9.17) is 0 Å². The van der Waals surface area contributed by atoms with Gasteiger partial charge in [-0.05, 0) is 57.0 Å². The summed E-state index contributed by atoms with van der Waals surface area (Å²) in [6.45, 7) is 9.10. The van der Waals surface area contributed by atoms with Crippen LogP contribution in [0.5, 0.6) is 0 Å². The lowest BCUT2D eigenvalue weighted by molar-refractivity contribution is 0.0940. The molecule has 1 atom stereocenters. The third-order valence-corrected chi connectivity index (χ3v) is 6.17. The number of benzene rings is 2. The Morgan fingerprint density at radius 1 is 1.07 bits per heavy atom. The number of carbonyl (C=O) groups is 1. The molecular weight excluding hydrogens is 372 g/mol. The third-order valence-electron chi connectivity index (χ3n) is 6.17. The number of nitrogens with zero attached hydrogens (tertiary/aromatic N) is 3. The molecule has 0 fully saturated rings. The number of aryl methyl sites for hydroxylation is 2. The summed E-state index contributed by atoms with van der Waals surface area (Å²) in [5.41, 5.74) is 7.63. The first kappa shape index (κ1) is 20.0. The molecule has 2 aromatic carbocycles. The highest BCUT2D eigenvalue weighted by Gasteiger charge is 2.18. The van der Waals surface area contributed by atoms with Gasteiger partial charge < -0.3 is 9.88 Å². The van der Waals surface area contributed by atoms with Crippen molar-refractivity contribution >= 4 is 16.8 Å². The monoisotopic (exact) mass is 400 g/mol. The van der Waals surface area contributed by atoms with Gasteiger partial charge in [0.1, 0.15) is 0 Å². The van der Waals surface area contributed by atoms with Crippen LogP contribution in [-0.2, 0) is 13.6 Å². The molecule has 154 valence electrons. The summed E-state index contributed by atoms with van der Waals surface area (Å²) in [5, 5.41) is 8.52. The average Bonchev–Trinajstić information content (AvgIpc) is 3.20. The van der Waals surface area contributed by atoms with E-state index in [-0.39, 0.29) is 11.9 Å². The van der Waals surface area contributed by atoms with E-state index in [9.17, 15) is 4.79 Å². The highest BCUT2D eigenvalue weighted by atomic mass is 16.1. The molecule has 5 heteroatoms. The Balaban J connectivity index is 1.62. The summed E-state index contributed by atoms with van der Waals surface area (Å²) in [7, 11) is 1.91. The molecule has 1 N–H and O–H groups in total. The Morgan fingerprint density at radius 2 is 1.80 bits per heavy atom. The van der Waals surface area contributed by atoms with Crippen molar-refractivity contribution in [3.8, 4) is 0 Å². The molecule has 0 saturated heterocycles. The fourth-order valence-electron chi connectivity index (χ4n) is 4.06. The maximum atomic E-state index is 12.9. The number of hydrogen-bond donors (Lipinski definition) is 1. The van der Waals surface area contributed by atoms with E-state index < -0.39 is 0 Å². The van der Waals surface area contributed by atoms with Crippen molar-refractivity contribution in [1.82, 2.24) is 19.7 Å². The molecule has 0 bridgehead atoms. The zero-order chi connectivity index (χ0) is 21.4. The maximum Gasteiger partial charge on any atom is 0.251 e. The van der Waals surface area contributed by atoms with Crippen molar-refractivity contribution in [3.63, 3.8) is 0 Å². The molecule has 5 nitrogen and oxygen atoms in total. The Labute approximate surface area is 177 Å². The van der Waals surface area contributed by atoms with Gasteiger partial charge in [0.05, 0.1) is 12.2 Å². The fourth-order valence-corrected chi connectivity index (χ4v) is 4.06. The largest absolute Gasteiger partial charge is 0.345 e. The van der Waals surface area contributed by atoms with Crippen LogP contribution in [0.15, 0.2) is 54.7 Å². The molecule has 0 unspecified atom stereocenters. The lowest BCUT2D eigenvalue weighted by atomic mass is 10.1. The molecule has 30 heavy (non-hydrogen) atoms. The fraction of sp³-hybridized carbons (Fsp3) is 0.280. The first-order chi connectivity index (χ1) is 14.4. The van der Waals surface area contributed by atoms with Gasteiger partial charge in [-0.1, -0.05) is 30.3 Å².